The summed E-state index contributed by atoms with van der Waals surface area (Å²) in [6.45, 7) is 3.09. The van der Waals surface area contributed by atoms with Gasteiger partial charge in [0, 0.05) is 5.75 Å². The Balaban J connectivity index is 1.56. The maximum atomic E-state index is 6.30. The van der Waals surface area contributed by atoms with Crippen LogP contribution in [0.5, 0.6) is 11.5 Å². The van der Waals surface area contributed by atoms with Crippen LogP contribution in [0.25, 0.3) is 5.69 Å². The van der Waals surface area contributed by atoms with Crippen LogP contribution in [0.1, 0.15) is 11.1 Å². The number of fused-ring (bicyclic) bond motifs is 1. The van der Waals surface area contributed by atoms with Crippen molar-refractivity contribution in [1.82, 2.24) is 20.2 Å². The van der Waals surface area contributed by atoms with Crippen molar-refractivity contribution in [3.05, 3.63) is 52.5 Å². The monoisotopic (exact) mass is 374 g/mol. The molecule has 0 saturated carbocycles. The molecule has 0 atom stereocenters. The van der Waals surface area contributed by atoms with Gasteiger partial charge in [0.05, 0.1) is 10.7 Å². The Morgan fingerprint density at radius 1 is 1.20 bits per heavy atom. The van der Waals surface area contributed by atoms with E-state index in [0.29, 0.717) is 35.5 Å². The molecule has 6 nitrogen and oxygen atoms in total. The zero-order valence-corrected chi connectivity index (χ0v) is 15.0. The van der Waals surface area contributed by atoms with Crippen molar-refractivity contribution in [3.8, 4) is 17.2 Å². The Labute approximate surface area is 154 Å². The fourth-order valence-electron chi connectivity index (χ4n) is 2.62. The molecule has 0 N–H and O–H groups in total. The quantitative estimate of drug-likeness (QED) is 0.649. The molecule has 0 aliphatic carbocycles. The number of benzene rings is 2. The van der Waals surface area contributed by atoms with Crippen LogP contribution >= 0.6 is 23.4 Å². The number of ether oxygens (including phenoxy) is 2. The van der Waals surface area contributed by atoms with Crippen molar-refractivity contribution >= 4 is 23.4 Å². The molecule has 1 aliphatic heterocycles. The predicted molar refractivity (Wildman–Crippen MR) is 95.9 cm³/mol. The Morgan fingerprint density at radius 2 is 2.04 bits per heavy atom. The fourth-order valence-corrected chi connectivity index (χ4v) is 3.72. The van der Waals surface area contributed by atoms with Gasteiger partial charge in [-0.15, -0.1) is 5.10 Å². The van der Waals surface area contributed by atoms with Gasteiger partial charge in [0.2, 0.25) is 5.16 Å². The van der Waals surface area contributed by atoms with Crippen LogP contribution in [0, 0.1) is 6.92 Å². The summed E-state index contributed by atoms with van der Waals surface area (Å²) < 4.78 is 12.9. The predicted octanol–water partition coefficient (Wildman–Crippen LogP) is 3.69. The highest BCUT2D eigenvalue weighted by molar-refractivity contribution is 7.98. The number of halogens is 1. The standard InChI is InChI=1S/C17H15ClN4O2S/c1-11-4-2-3-5-14(11)22-17(19-20-21-22)25-10-12-8-13(18)16-15(9-12)23-6-7-24-16/h2-5,8-9H,6-7,10H2,1H3. The lowest BCUT2D eigenvalue weighted by molar-refractivity contribution is 0.171. The topological polar surface area (TPSA) is 62.1 Å². The summed E-state index contributed by atoms with van der Waals surface area (Å²) in [5.74, 6) is 1.97. The molecule has 25 heavy (non-hydrogen) atoms. The number of hydrogen-bond acceptors (Lipinski definition) is 6. The lowest BCUT2D eigenvalue weighted by Crippen LogP contribution is -2.15. The third-order valence-corrected chi connectivity index (χ3v) is 5.08. The molecule has 128 valence electrons. The fraction of sp³-hybridized carbons (Fsp3) is 0.235. The molecule has 0 bridgehead atoms. The van der Waals surface area contributed by atoms with Crippen LogP contribution in [0.4, 0.5) is 0 Å². The molecule has 0 fully saturated rings. The molecular weight excluding hydrogens is 360 g/mol. The zero-order chi connectivity index (χ0) is 17.2. The largest absolute Gasteiger partial charge is 0.486 e. The number of hydrogen-bond donors (Lipinski definition) is 0. The third kappa shape index (κ3) is 3.29. The molecule has 0 unspecified atom stereocenters. The lowest BCUT2D eigenvalue weighted by atomic mass is 10.2. The molecule has 8 heteroatoms. The van der Waals surface area contributed by atoms with E-state index < -0.39 is 0 Å². The van der Waals surface area contributed by atoms with E-state index >= 15 is 0 Å². The van der Waals surface area contributed by atoms with E-state index in [1.54, 1.807) is 16.4 Å². The first kappa shape index (κ1) is 16.2. The molecule has 2 heterocycles. The molecule has 0 saturated heterocycles. The highest BCUT2D eigenvalue weighted by atomic mass is 35.5. The zero-order valence-electron chi connectivity index (χ0n) is 13.5. The van der Waals surface area contributed by atoms with E-state index in [4.69, 9.17) is 21.1 Å². The van der Waals surface area contributed by atoms with Gasteiger partial charge in [-0.05, 0) is 46.7 Å². The second-order valence-electron chi connectivity index (χ2n) is 5.55. The molecule has 4 rings (SSSR count). The average Bonchev–Trinajstić information content (AvgIpc) is 3.09. The number of nitrogens with zero attached hydrogens (tertiary/aromatic N) is 4. The number of aromatic nitrogens is 4. The molecular formula is C17H15ClN4O2S. The van der Waals surface area contributed by atoms with Gasteiger partial charge in [0.15, 0.2) is 11.5 Å². The highest BCUT2D eigenvalue weighted by Gasteiger charge is 2.17. The average molecular weight is 375 g/mol. The van der Waals surface area contributed by atoms with E-state index in [1.165, 1.54) is 0 Å². The molecule has 1 aromatic heterocycles. The van der Waals surface area contributed by atoms with Crippen molar-refractivity contribution in [2.75, 3.05) is 13.2 Å². The Kier molecular flexibility index (Phi) is 4.50. The third-order valence-electron chi connectivity index (χ3n) is 3.81. The van der Waals surface area contributed by atoms with Crippen molar-refractivity contribution in [2.45, 2.75) is 17.8 Å². The summed E-state index contributed by atoms with van der Waals surface area (Å²) in [7, 11) is 0. The minimum Gasteiger partial charge on any atom is -0.486 e. The number of tetrazole rings is 1. The lowest BCUT2D eigenvalue weighted by Gasteiger charge is -2.20. The molecule has 1 aliphatic rings. The number of rotatable bonds is 4. The minimum absolute atomic E-state index is 0.520. The van der Waals surface area contributed by atoms with Crippen LogP contribution in [0.2, 0.25) is 5.02 Å². The first-order valence-corrected chi connectivity index (χ1v) is 9.14. The Hall–Kier alpha value is -2.25. The van der Waals surface area contributed by atoms with Gasteiger partial charge in [-0.1, -0.05) is 41.6 Å². The number of aryl methyl sites for hydroxylation is 1. The van der Waals surface area contributed by atoms with Gasteiger partial charge in [-0.25, -0.2) is 0 Å². The summed E-state index contributed by atoms with van der Waals surface area (Å²) in [5.41, 5.74) is 3.10. The maximum Gasteiger partial charge on any atom is 0.214 e. The summed E-state index contributed by atoms with van der Waals surface area (Å²) in [6.07, 6.45) is 0. The van der Waals surface area contributed by atoms with Crippen molar-refractivity contribution in [2.24, 2.45) is 0 Å². The van der Waals surface area contributed by atoms with E-state index in [-0.39, 0.29) is 0 Å². The van der Waals surface area contributed by atoms with Crippen LogP contribution in [-0.2, 0) is 5.75 Å². The van der Waals surface area contributed by atoms with E-state index in [0.717, 1.165) is 22.0 Å². The van der Waals surface area contributed by atoms with E-state index in [9.17, 15) is 0 Å². The number of para-hydroxylation sites is 1. The second kappa shape index (κ2) is 6.93. The van der Waals surface area contributed by atoms with Crippen LogP contribution in [0.15, 0.2) is 41.6 Å². The van der Waals surface area contributed by atoms with Gasteiger partial charge in [0.1, 0.15) is 13.2 Å². The molecule has 0 amide bonds. The molecule has 0 spiro atoms. The van der Waals surface area contributed by atoms with Gasteiger partial charge < -0.3 is 9.47 Å². The van der Waals surface area contributed by atoms with Gasteiger partial charge in [0.25, 0.3) is 0 Å². The summed E-state index contributed by atoms with van der Waals surface area (Å²) >= 11 is 7.84. The van der Waals surface area contributed by atoms with Crippen molar-refractivity contribution in [3.63, 3.8) is 0 Å². The number of thioether (sulfide) groups is 1. The molecule has 2 aromatic carbocycles. The van der Waals surface area contributed by atoms with Gasteiger partial charge >= 0.3 is 0 Å². The van der Waals surface area contributed by atoms with E-state index in [1.807, 2.05) is 43.3 Å². The minimum atomic E-state index is 0.520. The first-order chi connectivity index (χ1) is 12.2. The second-order valence-corrected chi connectivity index (χ2v) is 6.90. The van der Waals surface area contributed by atoms with Crippen molar-refractivity contribution < 1.29 is 9.47 Å². The smallest absolute Gasteiger partial charge is 0.214 e. The Bertz CT molecular complexity index is 915. The summed E-state index contributed by atoms with van der Waals surface area (Å²) in [4.78, 5) is 0. The molecule has 0 radical (unpaired) electrons. The summed E-state index contributed by atoms with van der Waals surface area (Å²) in [5, 5.41) is 13.3. The SMILES string of the molecule is Cc1ccccc1-n1nnnc1SCc1cc(Cl)c2c(c1)OCCO2. The molecule has 3 aromatic rings. The van der Waals surface area contributed by atoms with Gasteiger partial charge in [-0.2, -0.15) is 4.68 Å². The van der Waals surface area contributed by atoms with Crippen molar-refractivity contribution in [1.29, 1.82) is 0 Å². The normalized spacial score (nSPS) is 13.0. The maximum absolute atomic E-state index is 6.30. The first-order valence-electron chi connectivity index (χ1n) is 7.77. The summed E-state index contributed by atoms with van der Waals surface area (Å²) in [6, 6.07) is 11.8. The van der Waals surface area contributed by atoms with E-state index in [2.05, 4.69) is 15.5 Å². The van der Waals surface area contributed by atoms with Crippen LogP contribution in [-0.4, -0.2) is 33.4 Å². The Morgan fingerprint density at radius 3 is 2.92 bits per heavy atom. The van der Waals surface area contributed by atoms with Crippen LogP contribution < -0.4 is 9.47 Å². The van der Waals surface area contributed by atoms with Crippen LogP contribution in [0.3, 0.4) is 0 Å². The highest BCUT2D eigenvalue weighted by Crippen LogP contribution is 2.39. The van der Waals surface area contributed by atoms with Gasteiger partial charge in [-0.3, -0.25) is 0 Å².